The van der Waals surface area contributed by atoms with E-state index in [2.05, 4.69) is 18.2 Å². The van der Waals surface area contributed by atoms with Gasteiger partial charge in [0.25, 0.3) is 0 Å². The number of hydrogen-bond donors (Lipinski definition) is 1. The molecule has 0 saturated carbocycles. The predicted molar refractivity (Wildman–Crippen MR) is 106 cm³/mol. The molecule has 25 heavy (non-hydrogen) atoms. The van der Waals surface area contributed by atoms with Gasteiger partial charge in [-0.25, -0.2) is 0 Å². The van der Waals surface area contributed by atoms with Crippen molar-refractivity contribution in [2.24, 2.45) is 0 Å². The summed E-state index contributed by atoms with van der Waals surface area (Å²) in [4.78, 5) is 10.9. The number of rotatable bonds is 4. The first kappa shape index (κ1) is 17.5. The van der Waals surface area contributed by atoms with Gasteiger partial charge in [-0.1, -0.05) is 60.4 Å². The number of carbonyl (C=O) groups is 1. The average molecular weight is 368 g/mol. The molecule has 0 fully saturated rings. The van der Waals surface area contributed by atoms with Crippen LogP contribution < -0.4 is 0 Å². The molecule has 3 aromatic rings. The van der Waals surface area contributed by atoms with Crippen LogP contribution >= 0.6 is 24.0 Å². The lowest BCUT2D eigenvalue weighted by Crippen LogP contribution is -2.23. The van der Waals surface area contributed by atoms with Crippen LogP contribution in [0.2, 0.25) is 0 Å². The lowest BCUT2D eigenvalue weighted by molar-refractivity contribution is -0.137. The van der Waals surface area contributed by atoms with E-state index >= 15 is 0 Å². The van der Waals surface area contributed by atoms with Gasteiger partial charge in [-0.05, 0) is 25.5 Å². The largest absolute Gasteiger partial charge is 0.481 e. The smallest absolute Gasteiger partial charge is 0.303 e. The summed E-state index contributed by atoms with van der Waals surface area (Å²) in [6, 6.07) is 18.2. The maximum absolute atomic E-state index is 10.9. The highest BCUT2D eigenvalue weighted by Gasteiger charge is 2.29. The molecule has 3 rings (SSSR count). The predicted octanol–water partition coefficient (Wildman–Crippen LogP) is 4.81. The quantitative estimate of drug-likeness (QED) is 0.670. The van der Waals surface area contributed by atoms with Gasteiger partial charge in [0.15, 0.2) is 0 Å². The Morgan fingerprint density at radius 2 is 1.72 bits per heavy atom. The first-order chi connectivity index (χ1) is 11.9. The van der Waals surface area contributed by atoms with E-state index in [-0.39, 0.29) is 12.8 Å². The molecule has 0 amide bonds. The van der Waals surface area contributed by atoms with E-state index in [9.17, 15) is 10.1 Å². The van der Waals surface area contributed by atoms with Crippen LogP contribution in [0.3, 0.4) is 0 Å². The van der Waals surface area contributed by atoms with Crippen LogP contribution in [0.4, 0.5) is 0 Å². The molecule has 4 nitrogen and oxygen atoms in total. The van der Waals surface area contributed by atoms with Crippen molar-refractivity contribution in [3.8, 4) is 6.07 Å². The summed E-state index contributed by atoms with van der Waals surface area (Å²) < 4.78 is 1.63. The van der Waals surface area contributed by atoms with Crippen molar-refractivity contribution in [3.05, 3.63) is 48.5 Å². The molecule has 1 N–H and O–H groups in total. The van der Waals surface area contributed by atoms with Crippen LogP contribution in [0.25, 0.3) is 21.8 Å². The number of para-hydroxylation sites is 2. The lowest BCUT2D eigenvalue weighted by atomic mass is 10.1. The number of aliphatic carboxylic acids is 1. The van der Waals surface area contributed by atoms with Crippen molar-refractivity contribution in [3.63, 3.8) is 0 Å². The minimum absolute atomic E-state index is 0.0627. The van der Waals surface area contributed by atoms with Crippen molar-refractivity contribution in [1.82, 2.24) is 4.57 Å². The Kier molecular flexibility index (Phi) is 4.80. The van der Waals surface area contributed by atoms with Crippen LogP contribution in [-0.4, -0.2) is 24.7 Å². The second kappa shape index (κ2) is 6.87. The Bertz CT molecular complexity index is 966. The molecule has 0 spiro atoms. The topological polar surface area (TPSA) is 66.0 Å². The van der Waals surface area contributed by atoms with E-state index in [4.69, 9.17) is 17.3 Å². The Balaban J connectivity index is 2.04. The van der Waals surface area contributed by atoms with E-state index in [0.29, 0.717) is 4.32 Å². The fourth-order valence-corrected chi connectivity index (χ4v) is 4.50. The molecular formula is C19H16N2O2S2. The van der Waals surface area contributed by atoms with E-state index < -0.39 is 10.7 Å². The van der Waals surface area contributed by atoms with E-state index in [1.807, 2.05) is 41.0 Å². The Labute approximate surface area is 155 Å². The highest BCUT2D eigenvalue weighted by atomic mass is 32.2. The molecule has 0 aliphatic heterocycles. The number of thiocarbonyl (C=S) groups is 1. The first-order valence-corrected chi connectivity index (χ1v) is 9.02. The van der Waals surface area contributed by atoms with Crippen LogP contribution in [0, 0.1) is 11.3 Å². The number of benzene rings is 2. The third-order valence-corrected chi connectivity index (χ3v) is 5.66. The number of carboxylic acid groups (broad SMARTS) is 1. The van der Waals surface area contributed by atoms with Crippen LogP contribution in [-0.2, 0) is 4.79 Å². The summed E-state index contributed by atoms with van der Waals surface area (Å²) in [5.41, 5.74) is 1.97. The number of thioether (sulfide) groups is 1. The highest BCUT2D eigenvalue weighted by Crippen LogP contribution is 2.36. The van der Waals surface area contributed by atoms with Crippen LogP contribution in [0.15, 0.2) is 48.5 Å². The summed E-state index contributed by atoms with van der Waals surface area (Å²) in [6.45, 7) is 1.74. The maximum Gasteiger partial charge on any atom is 0.303 e. The molecule has 1 atom stereocenters. The standard InChI is InChI=1S/C19H16N2O2S2/c1-19(12-20,11-10-17(22)23)25-18(24)21-15-8-4-2-6-13(15)14-7-3-5-9-16(14)21/h2-9H,10-11H2,1H3,(H,22,23). The number of hydrogen-bond acceptors (Lipinski definition) is 4. The van der Waals surface area contributed by atoms with Crippen molar-refractivity contribution >= 4 is 56.1 Å². The second-order valence-corrected chi connectivity index (χ2v) is 8.11. The zero-order chi connectivity index (χ0) is 18.0. The van der Waals surface area contributed by atoms with Gasteiger partial charge < -0.3 is 5.11 Å². The van der Waals surface area contributed by atoms with E-state index in [1.165, 1.54) is 11.8 Å². The third-order valence-electron chi connectivity index (χ3n) is 4.13. The number of carboxylic acids is 1. The van der Waals surface area contributed by atoms with Crippen LogP contribution in [0.5, 0.6) is 0 Å². The molecule has 1 unspecified atom stereocenters. The maximum atomic E-state index is 10.9. The van der Waals surface area contributed by atoms with Crippen molar-refractivity contribution in [2.75, 3.05) is 0 Å². The number of nitrogens with zero attached hydrogens (tertiary/aromatic N) is 2. The number of nitriles is 1. The fraction of sp³-hybridized carbons (Fsp3) is 0.211. The van der Waals surface area contributed by atoms with Gasteiger partial charge in [0, 0.05) is 17.2 Å². The minimum Gasteiger partial charge on any atom is -0.481 e. The molecule has 0 radical (unpaired) electrons. The molecule has 0 bridgehead atoms. The minimum atomic E-state index is -0.912. The van der Waals surface area contributed by atoms with Crippen molar-refractivity contribution in [2.45, 2.75) is 24.5 Å². The molecular weight excluding hydrogens is 352 g/mol. The summed E-state index contributed by atoms with van der Waals surface area (Å²) in [7, 11) is 0. The molecule has 1 heterocycles. The Morgan fingerprint density at radius 1 is 1.20 bits per heavy atom. The van der Waals surface area contributed by atoms with Gasteiger partial charge in [-0.2, -0.15) is 5.26 Å². The van der Waals surface area contributed by atoms with E-state index in [1.54, 1.807) is 6.92 Å². The Hall–Kier alpha value is -2.36. The van der Waals surface area contributed by atoms with Gasteiger partial charge in [-0.15, -0.1) is 0 Å². The molecule has 0 saturated heterocycles. The van der Waals surface area contributed by atoms with E-state index in [0.717, 1.165) is 21.8 Å². The number of aromatic nitrogens is 1. The molecule has 1 aromatic heterocycles. The normalized spacial score (nSPS) is 13.4. The first-order valence-electron chi connectivity index (χ1n) is 7.80. The van der Waals surface area contributed by atoms with Gasteiger partial charge >= 0.3 is 5.97 Å². The summed E-state index contributed by atoms with van der Waals surface area (Å²) in [5, 5.41) is 20.7. The third kappa shape index (κ3) is 3.39. The monoisotopic (exact) mass is 368 g/mol. The van der Waals surface area contributed by atoms with Crippen LogP contribution in [0.1, 0.15) is 19.8 Å². The summed E-state index contributed by atoms with van der Waals surface area (Å²) in [5.74, 6) is -0.912. The SMILES string of the molecule is CC(C#N)(CCC(=O)O)SC(=S)n1c2ccccc2c2ccccc21. The highest BCUT2D eigenvalue weighted by molar-refractivity contribution is 8.24. The van der Waals surface area contributed by atoms with Gasteiger partial charge in [0.2, 0.25) is 0 Å². The molecule has 6 heteroatoms. The lowest BCUT2D eigenvalue weighted by Gasteiger charge is -2.21. The fourth-order valence-electron chi connectivity index (χ4n) is 2.83. The van der Waals surface area contributed by atoms with Gasteiger partial charge in [-0.3, -0.25) is 9.36 Å². The second-order valence-electron chi connectivity index (χ2n) is 5.97. The number of fused-ring (bicyclic) bond motifs is 3. The van der Waals surface area contributed by atoms with Crippen molar-refractivity contribution < 1.29 is 9.90 Å². The molecule has 2 aromatic carbocycles. The molecule has 0 aliphatic rings. The zero-order valence-corrected chi connectivity index (χ0v) is 15.2. The molecule has 0 aliphatic carbocycles. The van der Waals surface area contributed by atoms with Gasteiger partial charge in [0.1, 0.15) is 9.07 Å². The zero-order valence-electron chi connectivity index (χ0n) is 13.6. The Morgan fingerprint density at radius 3 is 2.20 bits per heavy atom. The van der Waals surface area contributed by atoms with Crippen molar-refractivity contribution in [1.29, 1.82) is 5.26 Å². The van der Waals surface area contributed by atoms with Gasteiger partial charge in [0.05, 0.1) is 17.1 Å². The average Bonchev–Trinajstić information content (AvgIpc) is 2.95. The summed E-state index contributed by atoms with van der Waals surface area (Å²) in [6.07, 6.45) is 0.174. The summed E-state index contributed by atoms with van der Waals surface area (Å²) >= 11 is 6.90. The molecule has 126 valence electrons.